The number of hydrogen-bond donors (Lipinski definition) is 0. The monoisotopic (exact) mass is 470 g/mol. The van der Waals surface area contributed by atoms with Gasteiger partial charge in [-0.1, -0.05) is 12.8 Å². The minimum atomic E-state index is -1.51. The van der Waals surface area contributed by atoms with Crippen LogP contribution in [0, 0.1) is 41.7 Å². The van der Waals surface area contributed by atoms with Crippen LogP contribution in [0.4, 0.5) is 19.0 Å². The van der Waals surface area contributed by atoms with Gasteiger partial charge < -0.3 is 9.80 Å². The molecule has 4 rings (SSSR count). The van der Waals surface area contributed by atoms with E-state index in [0.29, 0.717) is 5.92 Å². The van der Waals surface area contributed by atoms with Gasteiger partial charge in [0.25, 0.3) is 0 Å². The first-order chi connectivity index (χ1) is 16.3. The molecule has 9 heteroatoms. The van der Waals surface area contributed by atoms with Crippen molar-refractivity contribution < 1.29 is 13.2 Å². The van der Waals surface area contributed by atoms with Gasteiger partial charge in [0, 0.05) is 31.1 Å². The highest BCUT2D eigenvalue weighted by molar-refractivity contribution is 5.81. The molecule has 1 aromatic carbocycles. The predicted molar refractivity (Wildman–Crippen MR) is 124 cm³/mol. The van der Waals surface area contributed by atoms with Crippen LogP contribution in [0.2, 0.25) is 0 Å². The average molecular weight is 471 g/mol. The molecular formula is C25H29F3N6. The van der Waals surface area contributed by atoms with E-state index in [1.807, 2.05) is 20.0 Å². The van der Waals surface area contributed by atoms with Crippen molar-refractivity contribution in [3.05, 3.63) is 52.5 Å². The second-order valence-electron chi connectivity index (χ2n) is 9.07. The highest BCUT2D eigenvalue weighted by atomic mass is 19.2. The molecule has 1 fully saturated rings. The van der Waals surface area contributed by atoms with Gasteiger partial charge in [-0.3, -0.25) is 4.68 Å². The Labute approximate surface area is 197 Å². The maximum absolute atomic E-state index is 13.7. The van der Waals surface area contributed by atoms with Crippen LogP contribution in [-0.2, 0) is 20.1 Å². The molecule has 0 aliphatic heterocycles. The van der Waals surface area contributed by atoms with E-state index in [1.54, 1.807) is 4.68 Å². The summed E-state index contributed by atoms with van der Waals surface area (Å²) < 4.78 is 42.5. The Kier molecular flexibility index (Phi) is 6.96. The van der Waals surface area contributed by atoms with E-state index in [1.165, 1.54) is 30.6 Å². The lowest BCUT2D eigenvalue weighted by atomic mass is 10.1. The first kappa shape index (κ1) is 23.9. The summed E-state index contributed by atoms with van der Waals surface area (Å²) in [4.78, 5) is 8.61. The summed E-state index contributed by atoms with van der Waals surface area (Å²) in [5, 5.41) is 15.2. The number of fused-ring (bicyclic) bond motifs is 1. The molecule has 2 aromatic heterocycles. The van der Waals surface area contributed by atoms with Gasteiger partial charge in [0.15, 0.2) is 29.3 Å². The van der Waals surface area contributed by atoms with Crippen LogP contribution in [0.5, 0.6) is 0 Å². The third-order valence-electron chi connectivity index (χ3n) is 6.61. The van der Waals surface area contributed by atoms with E-state index in [2.05, 4.69) is 23.1 Å². The summed E-state index contributed by atoms with van der Waals surface area (Å²) in [6.45, 7) is 5.80. The second kappa shape index (κ2) is 9.92. The van der Waals surface area contributed by atoms with Gasteiger partial charge in [-0.15, -0.1) is 0 Å². The lowest BCUT2D eigenvalue weighted by molar-refractivity contribution is 0.373. The van der Waals surface area contributed by atoms with Crippen molar-refractivity contribution in [2.75, 3.05) is 18.0 Å². The fourth-order valence-electron chi connectivity index (χ4n) is 4.89. The van der Waals surface area contributed by atoms with Crippen molar-refractivity contribution in [1.82, 2.24) is 19.7 Å². The smallest absolute Gasteiger partial charge is 0.194 e. The molecule has 1 aliphatic carbocycles. The number of anilines is 1. The Balaban J connectivity index is 1.69. The summed E-state index contributed by atoms with van der Waals surface area (Å²) >= 11 is 0. The molecule has 0 bridgehead atoms. The summed E-state index contributed by atoms with van der Waals surface area (Å²) in [6, 6.07) is 3.86. The molecule has 34 heavy (non-hydrogen) atoms. The summed E-state index contributed by atoms with van der Waals surface area (Å²) in [7, 11) is 1.86. The number of aryl methyl sites for hydroxylation is 2. The van der Waals surface area contributed by atoms with E-state index >= 15 is 0 Å². The largest absolute Gasteiger partial charge is 0.356 e. The summed E-state index contributed by atoms with van der Waals surface area (Å²) in [5.74, 6) is -2.65. The third kappa shape index (κ3) is 4.81. The fraction of sp³-hybridized carbons (Fsp3) is 0.480. The van der Waals surface area contributed by atoms with Gasteiger partial charge in [-0.25, -0.2) is 18.2 Å². The lowest BCUT2D eigenvalue weighted by Gasteiger charge is -2.28. The van der Waals surface area contributed by atoms with Gasteiger partial charge in [-0.05, 0) is 56.4 Å². The molecule has 0 spiro atoms. The van der Waals surface area contributed by atoms with Crippen LogP contribution in [0.1, 0.15) is 49.4 Å². The van der Waals surface area contributed by atoms with E-state index in [4.69, 9.17) is 4.98 Å². The molecule has 3 aromatic rings. The summed E-state index contributed by atoms with van der Waals surface area (Å²) in [5.41, 5.74) is 2.63. The van der Waals surface area contributed by atoms with Crippen LogP contribution in [0.25, 0.3) is 11.0 Å². The zero-order valence-electron chi connectivity index (χ0n) is 19.8. The normalized spacial score (nSPS) is 14.0. The number of hydrogen-bond acceptors (Lipinski definition) is 5. The first-order valence-electron chi connectivity index (χ1n) is 11.7. The third-order valence-corrected chi connectivity index (χ3v) is 6.61. The summed E-state index contributed by atoms with van der Waals surface area (Å²) in [6.07, 6.45) is 6.99. The molecule has 0 N–H and O–H groups in total. The van der Waals surface area contributed by atoms with Crippen molar-refractivity contribution in [3.63, 3.8) is 0 Å². The van der Waals surface area contributed by atoms with Crippen molar-refractivity contribution in [3.8, 4) is 6.19 Å². The molecule has 180 valence electrons. The topological polar surface area (TPSA) is 61.0 Å². The van der Waals surface area contributed by atoms with E-state index in [0.717, 1.165) is 53.3 Å². The Bertz CT molecular complexity index is 1200. The van der Waals surface area contributed by atoms with Crippen molar-refractivity contribution in [2.45, 2.75) is 52.6 Å². The zero-order chi connectivity index (χ0) is 24.4. The molecule has 0 amide bonds. The fourth-order valence-corrected chi connectivity index (χ4v) is 4.89. The Morgan fingerprint density at radius 3 is 2.41 bits per heavy atom. The number of rotatable bonds is 8. The van der Waals surface area contributed by atoms with Gasteiger partial charge in [0.2, 0.25) is 0 Å². The Morgan fingerprint density at radius 1 is 1.12 bits per heavy atom. The molecule has 0 atom stereocenters. The van der Waals surface area contributed by atoms with E-state index in [9.17, 15) is 18.4 Å². The molecule has 1 saturated carbocycles. The standard InChI is InChI=1S/C25H29F3N6/c1-4-34(13-17-7-5-6-8-17)24-19(11-20-16(2)31-32(3)25(20)30-24)14-33(15-29)12-18-9-21(26)23(28)22(27)10-18/h9-11,17H,4-8,12-14H2,1-3H3. The maximum Gasteiger partial charge on any atom is 0.194 e. The van der Waals surface area contributed by atoms with Crippen LogP contribution in [-0.4, -0.2) is 32.8 Å². The molecule has 1 aliphatic rings. The maximum atomic E-state index is 13.7. The number of pyridine rings is 1. The Morgan fingerprint density at radius 2 is 1.79 bits per heavy atom. The number of benzene rings is 1. The second-order valence-corrected chi connectivity index (χ2v) is 9.07. The van der Waals surface area contributed by atoms with Crippen LogP contribution < -0.4 is 4.90 Å². The molecule has 0 saturated heterocycles. The molecule has 0 radical (unpaired) electrons. The SMILES string of the molecule is CCN(CC1CCCC1)c1nc2c(cc1CN(C#N)Cc1cc(F)c(F)c(F)c1)c(C)nn2C. The van der Waals surface area contributed by atoms with Gasteiger partial charge in [0.1, 0.15) is 5.82 Å². The van der Waals surface area contributed by atoms with Crippen molar-refractivity contribution in [2.24, 2.45) is 13.0 Å². The van der Waals surface area contributed by atoms with E-state index < -0.39 is 17.5 Å². The number of aromatic nitrogens is 3. The average Bonchev–Trinajstić information content (AvgIpc) is 3.42. The molecule has 2 heterocycles. The minimum absolute atomic E-state index is 0.0527. The minimum Gasteiger partial charge on any atom is -0.356 e. The molecule has 6 nitrogen and oxygen atoms in total. The van der Waals surface area contributed by atoms with Crippen molar-refractivity contribution >= 4 is 16.9 Å². The highest BCUT2D eigenvalue weighted by Gasteiger charge is 2.23. The van der Waals surface area contributed by atoms with Crippen molar-refractivity contribution in [1.29, 1.82) is 5.26 Å². The van der Waals surface area contributed by atoms with Crippen LogP contribution in [0.15, 0.2) is 18.2 Å². The molecule has 0 unspecified atom stereocenters. The predicted octanol–water partition coefficient (Wildman–Crippen LogP) is 5.19. The van der Waals surface area contributed by atoms with Crippen LogP contribution in [0.3, 0.4) is 0 Å². The first-order valence-corrected chi connectivity index (χ1v) is 11.7. The number of halogens is 3. The van der Waals surface area contributed by atoms with E-state index in [-0.39, 0.29) is 18.7 Å². The number of nitrogens with zero attached hydrogens (tertiary/aromatic N) is 6. The Hall–Kier alpha value is -3.28. The molecular weight excluding hydrogens is 441 g/mol. The van der Waals surface area contributed by atoms with Gasteiger partial charge in [0.05, 0.1) is 18.8 Å². The zero-order valence-corrected chi connectivity index (χ0v) is 19.8. The quantitative estimate of drug-likeness (QED) is 0.258. The van der Waals surface area contributed by atoms with Crippen LogP contribution >= 0.6 is 0 Å². The highest BCUT2D eigenvalue weighted by Crippen LogP contribution is 2.31. The van der Waals surface area contributed by atoms with Gasteiger partial charge in [-0.2, -0.15) is 10.4 Å². The van der Waals surface area contributed by atoms with Gasteiger partial charge >= 0.3 is 0 Å². The number of nitriles is 1. The lowest BCUT2D eigenvalue weighted by Crippen LogP contribution is -2.31.